The minimum atomic E-state index is 0.125. The van der Waals surface area contributed by atoms with E-state index in [1.165, 1.54) is 6.42 Å². The van der Waals surface area contributed by atoms with Crippen LogP contribution in [-0.2, 0) is 4.74 Å². The van der Waals surface area contributed by atoms with Gasteiger partial charge in [-0.15, -0.1) is 0 Å². The second-order valence-electron chi connectivity index (χ2n) is 6.71. The third kappa shape index (κ3) is 4.48. The number of hydrogen-bond acceptors (Lipinski definition) is 4. The van der Waals surface area contributed by atoms with E-state index in [2.05, 4.69) is 4.90 Å². The van der Waals surface area contributed by atoms with Gasteiger partial charge in [0, 0.05) is 31.7 Å². The van der Waals surface area contributed by atoms with Crippen molar-refractivity contribution in [3.8, 4) is 5.75 Å². The van der Waals surface area contributed by atoms with Crippen LogP contribution in [0.4, 0.5) is 0 Å². The molecule has 0 atom stereocenters. The fourth-order valence-corrected chi connectivity index (χ4v) is 3.55. The zero-order chi connectivity index (χ0) is 16.8. The lowest BCUT2D eigenvalue weighted by Crippen LogP contribution is -2.40. The Morgan fingerprint density at radius 3 is 2.67 bits per heavy atom. The highest BCUT2D eigenvalue weighted by Gasteiger charge is 2.24. The summed E-state index contributed by atoms with van der Waals surface area (Å²) < 4.78 is 10.6. The molecule has 2 aliphatic heterocycles. The van der Waals surface area contributed by atoms with E-state index < -0.39 is 0 Å². The summed E-state index contributed by atoms with van der Waals surface area (Å²) in [5, 5.41) is 0. The summed E-state index contributed by atoms with van der Waals surface area (Å²) in [5.74, 6) is 1.60. The van der Waals surface area contributed by atoms with Gasteiger partial charge in [0.15, 0.2) is 0 Å². The van der Waals surface area contributed by atoms with E-state index in [0.717, 1.165) is 76.0 Å². The van der Waals surface area contributed by atoms with Gasteiger partial charge in [0.1, 0.15) is 5.75 Å². The number of methoxy groups -OCH3 is 1. The maximum atomic E-state index is 12.6. The Hall–Kier alpha value is -1.59. The molecule has 0 radical (unpaired) electrons. The quantitative estimate of drug-likeness (QED) is 0.829. The van der Waals surface area contributed by atoms with Crippen LogP contribution in [0.2, 0.25) is 0 Å². The Balaban J connectivity index is 1.44. The molecule has 3 rings (SSSR count). The molecule has 0 N–H and O–H groups in total. The van der Waals surface area contributed by atoms with Gasteiger partial charge in [-0.2, -0.15) is 0 Å². The molecule has 1 aromatic rings. The maximum absolute atomic E-state index is 12.6. The van der Waals surface area contributed by atoms with Gasteiger partial charge in [0.25, 0.3) is 5.91 Å². The van der Waals surface area contributed by atoms with Crippen LogP contribution >= 0.6 is 0 Å². The molecule has 1 amide bonds. The van der Waals surface area contributed by atoms with Crippen LogP contribution in [0, 0.1) is 5.92 Å². The van der Waals surface area contributed by atoms with E-state index in [-0.39, 0.29) is 5.91 Å². The van der Waals surface area contributed by atoms with Crippen LogP contribution in [0.1, 0.15) is 29.6 Å². The van der Waals surface area contributed by atoms with E-state index in [4.69, 9.17) is 9.47 Å². The number of amides is 1. The molecule has 5 heteroatoms. The van der Waals surface area contributed by atoms with Crippen molar-refractivity contribution in [2.75, 3.05) is 53.0 Å². The number of benzene rings is 1. The van der Waals surface area contributed by atoms with Gasteiger partial charge in [-0.05, 0) is 49.9 Å². The van der Waals surface area contributed by atoms with Crippen LogP contribution in [0.15, 0.2) is 24.3 Å². The molecule has 0 aliphatic carbocycles. The zero-order valence-corrected chi connectivity index (χ0v) is 14.6. The summed E-state index contributed by atoms with van der Waals surface area (Å²) in [6.07, 6.45) is 3.46. The van der Waals surface area contributed by atoms with Gasteiger partial charge in [0.2, 0.25) is 0 Å². The lowest BCUT2D eigenvalue weighted by molar-refractivity contribution is 0.0332. The van der Waals surface area contributed by atoms with Crippen molar-refractivity contribution in [2.45, 2.75) is 19.3 Å². The SMILES string of the molecule is COc1cccc(C(=O)N2CCC(CCN3CCOCC3)CC2)c1. The third-order valence-electron chi connectivity index (χ3n) is 5.18. The molecule has 2 fully saturated rings. The lowest BCUT2D eigenvalue weighted by Gasteiger charge is -2.34. The predicted octanol–water partition coefficient (Wildman–Crippen LogP) is 2.27. The summed E-state index contributed by atoms with van der Waals surface area (Å²) >= 11 is 0. The highest BCUT2D eigenvalue weighted by molar-refractivity contribution is 5.94. The summed E-state index contributed by atoms with van der Waals surface area (Å²) in [6.45, 7) is 6.76. The van der Waals surface area contributed by atoms with Crippen molar-refractivity contribution in [3.05, 3.63) is 29.8 Å². The lowest BCUT2D eigenvalue weighted by atomic mass is 9.93. The van der Waals surface area contributed by atoms with Gasteiger partial charge < -0.3 is 14.4 Å². The monoisotopic (exact) mass is 332 g/mol. The minimum Gasteiger partial charge on any atom is -0.497 e. The largest absolute Gasteiger partial charge is 0.497 e. The smallest absolute Gasteiger partial charge is 0.253 e. The Labute approximate surface area is 144 Å². The summed E-state index contributed by atoms with van der Waals surface area (Å²) in [5.41, 5.74) is 0.723. The van der Waals surface area contributed by atoms with Crippen molar-refractivity contribution < 1.29 is 14.3 Å². The fraction of sp³-hybridized carbons (Fsp3) is 0.632. The average Bonchev–Trinajstić information content (AvgIpc) is 2.67. The molecular formula is C19H28N2O3. The van der Waals surface area contributed by atoms with E-state index in [9.17, 15) is 4.79 Å². The highest BCUT2D eigenvalue weighted by atomic mass is 16.5. The van der Waals surface area contributed by atoms with Crippen molar-refractivity contribution in [2.24, 2.45) is 5.92 Å². The Bertz CT molecular complexity index is 535. The predicted molar refractivity (Wildman–Crippen MR) is 93.5 cm³/mol. The van der Waals surface area contributed by atoms with E-state index in [1.807, 2.05) is 29.2 Å². The van der Waals surface area contributed by atoms with Crippen molar-refractivity contribution in [1.29, 1.82) is 0 Å². The molecule has 5 nitrogen and oxygen atoms in total. The molecule has 24 heavy (non-hydrogen) atoms. The van der Waals surface area contributed by atoms with Crippen molar-refractivity contribution in [1.82, 2.24) is 9.80 Å². The molecule has 2 saturated heterocycles. The molecule has 2 heterocycles. The fourth-order valence-electron chi connectivity index (χ4n) is 3.55. The standard InChI is InChI=1S/C19H28N2O3/c1-23-18-4-2-3-17(15-18)19(22)21-9-6-16(7-10-21)5-8-20-11-13-24-14-12-20/h2-4,15-16H,5-14H2,1H3. The molecule has 0 aromatic heterocycles. The Morgan fingerprint density at radius 2 is 1.96 bits per heavy atom. The first kappa shape index (κ1) is 17.2. The van der Waals surface area contributed by atoms with Crippen LogP contribution in [0.25, 0.3) is 0 Å². The molecular weight excluding hydrogens is 304 g/mol. The number of rotatable bonds is 5. The Kier molecular flexibility index (Phi) is 6.10. The first-order valence-electron chi connectivity index (χ1n) is 8.99. The van der Waals surface area contributed by atoms with E-state index >= 15 is 0 Å². The number of carbonyl (C=O) groups is 1. The van der Waals surface area contributed by atoms with Crippen LogP contribution < -0.4 is 4.74 Å². The van der Waals surface area contributed by atoms with Gasteiger partial charge in [0.05, 0.1) is 20.3 Å². The number of carbonyl (C=O) groups excluding carboxylic acids is 1. The molecule has 0 unspecified atom stereocenters. The van der Waals surface area contributed by atoms with Crippen LogP contribution in [0.3, 0.4) is 0 Å². The van der Waals surface area contributed by atoms with Gasteiger partial charge >= 0.3 is 0 Å². The number of nitrogens with zero attached hydrogens (tertiary/aromatic N) is 2. The van der Waals surface area contributed by atoms with E-state index in [1.54, 1.807) is 7.11 Å². The average molecular weight is 332 g/mol. The summed E-state index contributed by atoms with van der Waals surface area (Å²) in [6, 6.07) is 7.44. The number of morpholine rings is 1. The van der Waals surface area contributed by atoms with Gasteiger partial charge in [-0.3, -0.25) is 9.69 Å². The third-order valence-corrected chi connectivity index (χ3v) is 5.18. The van der Waals surface area contributed by atoms with Crippen molar-refractivity contribution in [3.63, 3.8) is 0 Å². The Morgan fingerprint density at radius 1 is 1.21 bits per heavy atom. The number of likely N-dealkylation sites (tertiary alicyclic amines) is 1. The zero-order valence-electron chi connectivity index (χ0n) is 14.6. The molecule has 0 bridgehead atoms. The topological polar surface area (TPSA) is 42.0 Å². The molecule has 1 aromatic carbocycles. The molecule has 0 spiro atoms. The number of hydrogen-bond donors (Lipinski definition) is 0. The first-order chi connectivity index (χ1) is 11.8. The minimum absolute atomic E-state index is 0.125. The summed E-state index contributed by atoms with van der Waals surface area (Å²) in [4.78, 5) is 17.1. The van der Waals surface area contributed by atoms with Crippen molar-refractivity contribution >= 4 is 5.91 Å². The van der Waals surface area contributed by atoms with E-state index in [0.29, 0.717) is 0 Å². The maximum Gasteiger partial charge on any atom is 0.253 e. The summed E-state index contributed by atoms with van der Waals surface area (Å²) in [7, 11) is 1.63. The molecule has 132 valence electrons. The second kappa shape index (κ2) is 8.49. The second-order valence-corrected chi connectivity index (χ2v) is 6.71. The van der Waals surface area contributed by atoms with Crippen LogP contribution in [-0.4, -0.2) is 68.8 Å². The normalized spacial score (nSPS) is 20.1. The highest BCUT2D eigenvalue weighted by Crippen LogP contribution is 2.23. The first-order valence-corrected chi connectivity index (χ1v) is 8.99. The van der Waals surface area contributed by atoms with Crippen LogP contribution in [0.5, 0.6) is 5.75 Å². The molecule has 2 aliphatic rings. The molecule has 0 saturated carbocycles. The number of ether oxygens (including phenoxy) is 2. The number of piperidine rings is 1. The van der Waals surface area contributed by atoms with Gasteiger partial charge in [-0.25, -0.2) is 0 Å². The van der Waals surface area contributed by atoms with Gasteiger partial charge in [-0.1, -0.05) is 6.07 Å².